The van der Waals surface area contributed by atoms with Gasteiger partial charge in [0, 0.05) is 49.9 Å². The molecule has 7 heteroatoms. The Labute approximate surface area is 165 Å². The van der Waals surface area contributed by atoms with E-state index >= 15 is 0 Å². The van der Waals surface area contributed by atoms with Crippen molar-refractivity contribution in [3.63, 3.8) is 0 Å². The van der Waals surface area contributed by atoms with Gasteiger partial charge in [-0.2, -0.15) is 0 Å². The molecule has 0 aliphatic carbocycles. The summed E-state index contributed by atoms with van der Waals surface area (Å²) in [6.07, 6.45) is 1.75. The van der Waals surface area contributed by atoms with Crippen LogP contribution in [-0.4, -0.2) is 71.4 Å². The molecule has 0 saturated carbocycles. The SMILES string of the molecule is CCN(CC)C(=O)CN1CCN(Cc2ncc(-c3cccc(Cl)c3)o2)CC1. The van der Waals surface area contributed by atoms with Crippen molar-refractivity contribution in [2.45, 2.75) is 20.4 Å². The average molecular weight is 391 g/mol. The van der Waals surface area contributed by atoms with Crippen molar-refractivity contribution in [1.29, 1.82) is 0 Å². The summed E-state index contributed by atoms with van der Waals surface area (Å²) < 4.78 is 5.89. The Morgan fingerprint density at radius 3 is 2.56 bits per heavy atom. The maximum Gasteiger partial charge on any atom is 0.236 e. The largest absolute Gasteiger partial charge is 0.439 e. The summed E-state index contributed by atoms with van der Waals surface area (Å²) in [6, 6.07) is 7.57. The average Bonchev–Trinajstić information content (AvgIpc) is 3.13. The van der Waals surface area contributed by atoms with Crippen molar-refractivity contribution in [2.24, 2.45) is 0 Å². The topological polar surface area (TPSA) is 52.8 Å². The normalized spacial score (nSPS) is 15.8. The molecule has 1 aromatic carbocycles. The first kappa shape index (κ1) is 19.9. The Balaban J connectivity index is 1.49. The summed E-state index contributed by atoms with van der Waals surface area (Å²) in [5, 5.41) is 0.681. The van der Waals surface area contributed by atoms with Gasteiger partial charge >= 0.3 is 0 Å². The van der Waals surface area contributed by atoms with Gasteiger partial charge in [-0.3, -0.25) is 14.6 Å². The van der Waals surface area contributed by atoms with E-state index < -0.39 is 0 Å². The second kappa shape index (κ2) is 9.35. The molecule has 2 heterocycles. The number of benzene rings is 1. The van der Waals surface area contributed by atoms with Crippen molar-refractivity contribution < 1.29 is 9.21 Å². The fraction of sp³-hybridized carbons (Fsp3) is 0.500. The Morgan fingerprint density at radius 2 is 1.89 bits per heavy atom. The highest BCUT2D eigenvalue weighted by Crippen LogP contribution is 2.24. The number of amides is 1. The van der Waals surface area contributed by atoms with Gasteiger partial charge in [0.25, 0.3) is 0 Å². The van der Waals surface area contributed by atoms with Gasteiger partial charge in [-0.1, -0.05) is 23.7 Å². The molecule has 2 aromatic rings. The molecule has 0 spiro atoms. The molecule has 0 radical (unpaired) electrons. The number of piperazine rings is 1. The zero-order valence-corrected chi connectivity index (χ0v) is 16.8. The third-order valence-corrected chi connectivity index (χ3v) is 5.20. The van der Waals surface area contributed by atoms with Crippen LogP contribution in [0.3, 0.4) is 0 Å². The molecule has 3 rings (SSSR count). The lowest BCUT2D eigenvalue weighted by Gasteiger charge is -2.34. The molecule has 1 saturated heterocycles. The molecular formula is C20H27ClN4O2. The van der Waals surface area contributed by atoms with E-state index in [1.807, 2.05) is 43.0 Å². The Hall–Kier alpha value is -1.89. The molecule has 1 amide bonds. The molecule has 0 N–H and O–H groups in total. The van der Waals surface area contributed by atoms with Crippen molar-refractivity contribution >= 4 is 17.5 Å². The number of aromatic nitrogens is 1. The lowest BCUT2D eigenvalue weighted by Crippen LogP contribution is -2.49. The molecule has 0 unspecified atom stereocenters. The minimum absolute atomic E-state index is 0.215. The molecule has 1 aromatic heterocycles. The zero-order valence-electron chi connectivity index (χ0n) is 16.0. The maximum atomic E-state index is 12.2. The molecule has 1 aliphatic rings. The number of nitrogens with zero attached hydrogens (tertiary/aromatic N) is 4. The van der Waals surface area contributed by atoms with Crippen LogP contribution in [0.25, 0.3) is 11.3 Å². The van der Waals surface area contributed by atoms with Crippen molar-refractivity contribution in [2.75, 3.05) is 45.8 Å². The number of halogens is 1. The van der Waals surface area contributed by atoms with E-state index in [1.165, 1.54) is 0 Å². The summed E-state index contributed by atoms with van der Waals surface area (Å²) in [7, 11) is 0. The number of oxazole rings is 1. The van der Waals surface area contributed by atoms with Gasteiger partial charge in [0.05, 0.1) is 19.3 Å². The van der Waals surface area contributed by atoms with Gasteiger partial charge in [-0.25, -0.2) is 4.98 Å². The van der Waals surface area contributed by atoms with Crippen LogP contribution >= 0.6 is 11.6 Å². The van der Waals surface area contributed by atoms with Crippen LogP contribution in [0, 0.1) is 0 Å². The zero-order chi connectivity index (χ0) is 19.2. The van der Waals surface area contributed by atoms with E-state index in [1.54, 1.807) is 6.20 Å². The standard InChI is InChI=1S/C20H27ClN4O2/c1-3-25(4-2)20(26)15-24-10-8-23(9-11-24)14-19-22-13-18(27-19)16-6-5-7-17(21)12-16/h5-7,12-13H,3-4,8-11,14-15H2,1-2H3. The molecule has 1 fully saturated rings. The van der Waals surface area contributed by atoms with Crippen molar-refractivity contribution in [3.05, 3.63) is 41.4 Å². The number of carbonyl (C=O) groups excluding carboxylic acids is 1. The highest BCUT2D eigenvalue weighted by Gasteiger charge is 2.22. The molecule has 27 heavy (non-hydrogen) atoms. The van der Waals surface area contributed by atoms with Gasteiger partial charge in [-0.05, 0) is 26.0 Å². The Morgan fingerprint density at radius 1 is 1.19 bits per heavy atom. The van der Waals surface area contributed by atoms with Crippen molar-refractivity contribution in [3.8, 4) is 11.3 Å². The van der Waals surface area contributed by atoms with E-state index in [0.717, 1.165) is 50.6 Å². The van der Waals surface area contributed by atoms with Crippen LogP contribution in [0.5, 0.6) is 0 Å². The van der Waals surface area contributed by atoms with Crippen LogP contribution in [0.1, 0.15) is 19.7 Å². The number of rotatable bonds is 7. The first-order chi connectivity index (χ1) is 13.1. The molecule has 6 nitrogen and oxygen atoms in total. The lowest BCUT2D eigenvalue weighted by atomic mass is 10.2. The van der Waals surface area contributed by atoms with E-state index in [4.69, 9.17) is 16.0 Å². The van der Waals surface area contributed by atoms with Crippen molar-refractivity contribution in [1.82, 2.24) is 19.7 Å². The predicted octanol–water partition coefficient (Wildman–Crippen LogP) is 2.98. The molecule has 0 bridgehead atoms. The third-order valence-electron chi connectivity index (χ3n) is 4.96. The lowest BCUT2D eigenvalue weighted by molar-refractivity contribution is -0.132. The maximum absolute atomic E-state index is 12.2. The second-order valence-corrected chi connectivity index (χ2v) is 7.18. The number of likely N-dealkylation sites (N-methyl/N-ethyl adjacent to an activating group) is 1. The molecule has 0 atom stereocenters. The van der Waals surface area contributed by atoms with E-state index in [0.29, 0.717) is 24.0 Å². The monoisotopic (exact) mass is 390 g/mol. The number of hydrogen-bond donors (Lipinski definition) is 0. The molecular weight excluding hydrogens is 364 g/mol. The first-order valence-electron chi connectivity index (χ1n) is 9.52. The molecule has 1 aliphatic heterocycles. The van der Waals surface area contributed by atoms with Gasteiger partial charge in [0.15, 0.2) is 5.76 Å². The van der Waals surface area contributed by atoms with Crippen LogP contribution in [0.2, 0.25) is 5.02 Å². The summed E-state index contributed by atoms with van der Waals surface area (Å²) in [6.45, 7) is 10.3. The Bertz CT molecular complexity index is 752. The highest BCUT2D eigenvalue weighted by atomic mass is 35.5. The summed E-state index contributed by atoms with van der Waals surface area (Å²) in [5.74, 6) is 1.65. The van der Waals surface area contributed by atoms with Gasteiger partial charge < -0.3 is 9.32 Å². The smallest absolute Gasteiger partial charge is 0.236 e. The first-order valence-corrected chi connectivity index (χ1v) is 9.90. The minimum Gasteiger partial charge on any atom is -0.439 e. The van der Waals surface area contributed by atoms with Gasteiger partial charge in [0.1, 0.15) is 0 Å². The number of hydrogen-bond acceptors (Lipinski definition) is 5. The van der Waals surface area contributed by atoms with E-state index in [2.05, 4.69) is 14.8 Å². The highest BCUT2D eigenvalue weighted by molar-refractivity contribution is 6.30. The van der Waals surface area contributed by atoms with E-state index in [9.17, 15) is 4.79 Å². The minimum atomic E-state index is 0.215. The number of carbonyl (C=O) groups is 1. The quantitative estimate of drug-likeness (QED) is 0.727. The van der Waals surface area contributed by atoms with Crippen LogP contribution < -0.4 is 0 Å². The second-order valence-electron chi connectivity index (χ2n) is 6.75. The fourth-order valence-corrected chi connectivity index (χ4v) is 3.51. The summed E-state index contributed by atoms with van der Waals surface area (Å²) >= 11 is 6.04. The third kappa shape index (κ3) is 5.31. The Kier molecular flexibility index (Phi) is 6.88. The van der Waals surface area contributed by atoms with Crippen LogP contribution in [-0.2, 0) is 11.3 Å². The van der Waals surface area contributed by atoms with Crippen LogP contribution in [0.15, 0.2) is 34.9 Å². The molecule has 146 valence electrons. The summed E-state index contributed by atoms with van der Waals surface area (Å²) in [4.78, 5) is 23.1. The fourth-order valence-electron chi connectivity index (χ4n) is 3.32. The van der Waals surface area contributed by atoms with Gasteiger partial charge in [0.2, 0.25) is 11.8 Å². The van der Waals surface area contributed by atoms with E-state index in [-0.39, 0.29) is 5.91 Å². The predicted molar refractivity (Wildman–Crippen MR) is 107 cm³/mol. The van der Waals surface area contributed by atoms with Gasteiger partial charge in [-0.15, -0.1) is 0 Å². The summed E-state index contributed by atoms with van der Waals surface area (Å²) in [5.41, 5.74) is 0.931. The van der Waals surface area contributed by atoms with Crippen LogP contribution in [0.4, 0.5) is 0 Å².